The van der Waals surface area contributed by atoms with Gasteiger partial charge in [-0.05, 0) is 18.1 Å². The summed E-state index contributed by atoms with van der Waals surface area (Å²) in [5, 5.41) is 14.1. The highest BCUT2D eigenvalue weighted by Crippen LogP contribution is 2.27. The van der Waals surface area contributed by atoms with Gasteiger partial charge in [-0.25, -0.2) is 19.8 Å². The number of guanidine groups is 1. The van der Waals surface area contributed by atoms with Gasteiger partial charge in [-0.15, -0.1) is 0 Å². The summed E-state index contributed by atoms with van der Waals surface area (Å²) in [5.41, 5.74) is 0. The molecule has 1 aromatic carbocycles. The van der Waals surface area contributed by atoms with E-state index in [4.69, 9.17) is 32.7 Å². The molecule has 11 heteroatoms. The number of hydrazone groups is 1. The fourth-order valence-corrected chi connectivity index (χ4v) is 3.33. The molecule has 2 heterocycles. The molecule has 2 saturated heterocycles. The van der Waals surface area contributed by atoms with Gasteiger partial charge in [0, 0.05) is 31.7 Å². The van der Waals surface area contributed by atoms with Crippen LogP contribution >= 0.6 is 23.2 Å². The Morgan fingerprint density at radius 1 is 1.37 bits per heavy atom. The Balaban J connectivity index is 1.74. The van der Waals surface area contributed by atoms with Crippen LogP contribution in [0.2, 0.25) is 10.0 Å². The number of benzene rings is 1. The van der Waals surface area contributed by atoms with E-state index < -0.39 is 11.1 Å². The molecular weight excluding hydrogens is 399 g/mol. The minimum atomic E-state index is -0.818. The Bertz CT molecular complexity index is 775. The highest BCUT2D eigenvalue weighted by atomic mass is 35.5. The SMILES string of the molecule is CC1COCC1CN1CCN(C(=O)Oc2ccc(Cl)c(Cl)c2)C1=N[N+](=O)[O-]. The van der Waals surface area contributed by atoms with Crippen molar-refractivity contribution in [2.24, 2.45) is 16.9 Å². The molecule has 9 nitrogen and oxygen atoms in total. The fourth-order valence-electron chi connectivity index (χ4n) is 3.05. The van der Waals surface area contributed by atoms with Crippen LogP contribution in [0, 0.1) is 22.0 Å². The lowest BCUT2D eigenvalue weighted by Gasteiger charge is -2.23. The van der Waals surface area contributed by atoms with Gasteiger partial charge in [0.15, 0.2) is 5.03 Å². The molecule has 2 unspecified atom stereocenters. The van der Waals surface area contributed by atoms with Crippen molar-refractivity contribution in [2.75, 3.05) is 32.8 Å². The number of ether oxygens (including phenoxy) is 2. The third kappa shape index (κ3) is 4.60. The van der Waals surface area contributed by atoms with Crippen molar-refractivity contribution >= 4 is 35.3 Å². The van der Waals surface area contributed by atoms with Crippen LogP contribution in [0.3, 0.4) is 0 Å². The first kappa shape index (κ1) is 19.7. The third-order valence-electron chi connectivity index (χ3n) is 4.58. The number of hydrogen-bond acceptors (Lipinski definition) is 5. The summed E-state index contributed by atoms with van der Waals surface area (Å²) >= 11 is 11.8. The Morgan fingerprint density at radius 3 is 2.78 bits per heavy atom. The molecule has 0 saturated carbocycles. The molecule has 1 aromatic rings. The van der Waals surface area contributed by atoms with E-state index >= 15 is 0 Å². The second-order valence-electron chi connectivity index (χ2n) is 6.45. The molecular formula is C16H18Cl2N4O5. The number of carbonyl (C=O) groups is 1. The lowest BCUT2D eigenvalue weighted by molar-refractivity contribution is -0.486. The Hall–Kier alpha value is -2.10. The third-order valence-corrected chi connectivity index (χ3v) is 5.32. The number of halogens is 2. The predicted molar refractivity (Wildman–Crippen MR) is 98.7 cm³/mol. The molecule has 0 aromatic heterocycles. The first-order valence-corrected chi connectivity index (χ1v) is 9.11. The van der Waals surface area contributed by atoms with E-state index in [0.717, 1.165) is 4.90 Å². The summed E-state index contributed by atoms with van der Waals surface area (Å²) in [6.07, 6.45) is -0.771. The molecule has 0 aliphatic carbocycles. The van der Waals surface area contributed by atoms with Crippen LogP contribution in [0.4, 0.5) is 4.79 Å². The van der Waals surface area contributed by atoms with Crippen LogP contribution < -0.4 is 4.74 Å². The van der Waals surface area contributed by atoms with Crippen LogP contribution in [0.15, 0.2) is 23.3 Å². The number of nitro groups is 1. The summed E-state index contributed by atoms with van der Waals surface area (Å²) in [5.74, 6) is 0.697. The summed E-state index contributed by atoms with van der Waals surface area (Å²) in [7, 11) is 0. The van der Waals surface area contributed by atoms with Gasteiger partial charge >= 0.3 is 6.09 Å². The zero-order valence-corrected chi connectivity index (χ0v) is 16.0. The average Bonchev–Trinajstić information content (AvgIpc) is 3.18. The number of amides is 1. The van der Waals surface area contributed by atoms with Gasteiger partial charge in [-0.1, -0.05) is 30.1 Å². The molecule has 1 amide bonds. The van der Waals surface area contributed by atoms with E-state index in [0.29, 0.717) is 37.2 Å². The Labute approximate surface area is 165 Å². The van der Waals surface area contributed by atoms with Crippen LogP contribution in [-0.4, -0.2) is 59.7 Å². The van der Waals surface area contributed by atoms with Crippen LogP contribution in [-0.2, 0) is 4.74 Å². The maximum absolute atomic E-state index is 12.5. The van der Waals surface area contributed by atoms with E-state index in [2.05, 4.69) is 12.0 Å². The van der Waals surface area contributed by atoms with Crippen molar-refractivity contribution in [3.05, 3.63) is 38.4 Å². The van der Waals surface area contributed by atoms with Crippen molar-refractivity contribution in [1.29, 1.82) is 0 Å². The van der Waals surface area contributed by atoms with Crippen LogP contribution in [0.1, 0.15) is 6.92 Å². The van der Waals surface area contributed by atoms with Gasteiger partial charge in [-0.2, -0.15) is 0 Å². The lowest BCUT2D eigenvalue weighted by atomic mass is 9.98. The number of hydrogen-bond donors (Lipinski definition) is 0. The van der Waals surface area contributed by atoms with Crippen molar-refractivity contribution < 1.29 is 19.3 Å². The van der Waals surface area contributed by atoms with Crippen LogP contribution in [0.5, 0.6) is 5.75 Å². The summed E-state index contributed by atoms with van der Waals surface area (Å²) < 4.78 is 10.7. The zero-order valence-electron chi connectivity index (χ0n) is 14.5. The van der Waals surface area contributed by atoms with Gasteiger partial charge in [0.2, 0.25) is 0 Å². The average molecular weight is 417 g/mol. The fraction of sp³-hybridized carbons (Fsp3) is 0.500. The highest BCUT2D eigenvalue weighted by molar-refractivity contribution is 6.42. The normalized spacial score (nSPS) is 23.9. The molecule has 2 atom stereocenters. The van der Waals surface area contributed by atoms with E-state index in [-0.39, 0.29) is 29.2 Å². The Kier molecular flexibility index (Phi) is 6.03. The second kappa shape index (κ2) is 8.28. The van der Waals surface area contributed by atoms with Crippen LogP contribution in [0.25, 0.3) is 0 Å². The molecule has 0 N–H and O–H groups in total. The minimum Gasteiger partial charge on any atom is -0.410 e. The minimum absolute atomic E-state index is 0.0378. The number of nitrogens with zero attached hydrogens (tertiary/aromatic N) is 4. The predicted octanol–water partition coefficient (Wildman–Crippen LogP) is 2.94. The Morgan fingerprint density at radius 2 is 2.15 bits per heavy atom. The van der Waals surface area contributed by atoms with Gasteiger partial charge < -0.3 is 14.4 Å². The van der Waals surface area contributed by atoms with Gasteiger partial charge in [0.1, 0.15) is 10.9 Å². The summed E-state index contributed by atoms with van der Waals surface area (Å²) in [6, 6.07) is 4.38. The molecule has 2 fully saturated rings. The van der Waals surface area contributed by atoms with E-state index in [1.165, 1.54) is 18.2 Å². The lowest BCUT2D eigenvalue weighted by Crippen LogP contribution is -2.42. The molecule has 2 aliphatic heterocycles. The quantitative estimate of drug-likeness (QED) is 0.552. The zero-order chi connectivity index (χ0) is 19.6. The monoisotopic (exact) mass is 416 g/mol. The summed E-state index contributed by atoms with van der Waals surface area (Å²) in [6.45, 7) is 4.47. The maximum atomic E-state index is 12.5. The van der Waals surface area contributed by atoms with E-state index in [9.17, 15) is 14.9 Å². The van der Waals surface area contributed by atoms with Crippen molar-refractivity contribution in [2.45, 2.75) is 6.92 Å². The molecule has 2 aliphatic rings. The standard InChI is InChI=1S/C16H18Cl2N4O5/c1-10-8-26-9-11(10)7-20-4-5-21(15(20)19-22(24)25)16(23)27-12-2-3-13(17)14(18)6-12/h2-3,6,10-11H,4-5,7-9H2,1H3. The smallest absolute Gasteiger partial charge is 0.410 e. The van der Waals surface area contributed by atoms with Crippen molar-refractivity contribution in [1.82, 2.24) is 9.80 Å². The van der Waals surface area contributed by atoms with Crippen molar-refractivity contribution in [3.8, 4) is 5.75 Å². The molecule has 146 valence electrons. The van der Waals surface area contributed by atoms with Gasteiger partial charge in [0.25, 0.3) is 5.96 Å². The van der Waals surface area contributed by atoms with Gasteiger partial charge in [-0.3, -0.25) is 0 Å². The molecule has 0 spiro atoms. The molecule has 3 rings (SSSR count). The largest absolute Gasteiger partial charge is 0.422 e. The second-order valence-corrected chi connectivity index (χ2v) is 7.27. The van der Waals surface area contributed by atoms with E-state index in [1.807, 2.05) is 0 Å². The number of carbonyl (C=O) groups excluding carboxylic acids is 1. The van der Waals surface area contributed by atoms with Gasteiger partial charge in [0.05, 0.1) is 23.2 Å². The molecule has 0 bridgehead atoms. The molecule has 27 heavy (non-hydrogen) atoms. The number of rotatable bonds is 4. The summed E-state index contributed by atoms with van der Waals surface area (Å²) in [4.78, 5) is 26.4. The molecule has 0 radical (unpaired) electrons. The van der Waals surface area contributed by atoms with Crippen molar-refractivity contribution in [3.63, 3.8) is 0 Å². The topological polar surface area (TPSA) is 97.5 Å². The maximum Gasteiger partial charge on any atom is 0.422 e. The highest BCUT2D eigenvalue weighted by Gasteiger charge is 2.38. The first-order chi connectivity index (χ1) is 12.8. The first-order valence-electron chi connectivity index (χ1n) is 8.35. The van der Waals surface area contributed by atoms with E-state index in [1.54, 1.807) is 4.90 Å².